The molecule has 0 N–H and O–H groups in total. The zero-order valence-corrected chi connectivity index (χ0v) is 28.3. The number of nitrogens with zero attached hydrogens (tertiary/aromatic N) is 3. The van der Waals surface area contributed by atoms with Crippen molar-refractivity contribution in [3.05, 3.63) is 138 Å². The summed E-state index contributed by atoms with van der Waals surface area (Å²) in [5.41, 5.74) is 12.7. The van der Waals surface area contributed by atoms with Crippen LogP contribution in [-0.4, -0.2) is 15.0 Å². The van der Waals surface area contributed by atoms with Crippen LogP contribution in [-0.2, 0) is 10.8 Å². The largest absolute Gasteiger partial charge is 0.208 e. The van der Waals surface area contributed by atoms with Crippen LogP contribution < -0.4 is 0 Å². The smallest absolute Gasteiger partial charge is 0.164 e. The predicted octanol–water partition coefficient (Wildman–Crippen LogP) is 11.4. The van der Waals surface area contributed by atoms with Crippen molar-refractivity contribution in [1.29, 1.82) is 0 Å². The van der Waals surface area contributed by atoms with Crippen LogP contribution in [0.2, 0.25) is 0 Å². The number of hydrogen-bond donors (Lipinski definition) is 0. The maximum absolute atomic E-state index is 5.09. The van der Waals surface area contributed by atoms with E-state index in [-0.39, 0.29) is 10.8 Å². The number of benzene rings is 5. The van der Waals surface area contributed by atoms with Crippen molar-refractivity contribution < 1.29 is 0 Å². The number of aromatic nitrogens is 3. The van der Waals surface area contributed by atoms with Gasteiger partial charge in [0, 0.05) is 16.7 Å². The first-order valence-corrected chi connectivity index (χ1v) is 16.1. The van der Waals surface area contributed by atoms with Crippen LogP contribution in [0, 0.1) is 13.8 Å². The molecule has 6 rings (SSSR count). The minimum Gasteiger partial charge on any atom is -0.208 e. The van der Waals surface area contributed by atoms with Gasteiger partial charge in [-0.2, -0.15) is 0 Å². The SMILES string of the molecule is Cc1ccc(-c2nc(-c3ccc(C)cc3)nc(-c3cc(-c4ccc(C(C)(C)C)cc4)cc(-c4ccc(C(C)(C)C)cc4)c3)n2)cc1. The topological polar surface area (TPSA) is 38.7 Å². The van der Waals surface area contributed by atoms with Crippen molar-refractivity contribution in [3.63, 3.8) is 0 Å². The van der Waals surface area contributed by atoms with Gasteiger partial charge in [-0.25, -0.2) is 15.0 Å². The van der Waals surface area contributed by atoms with E-state index in [1.165, 1.54) is 22.3 Å². The van der Waals surface area contributed by atoms with Crippen LogP contribution in [0.15, 0.2) is 115 Å². The van der Waals surface area contributed by atoms with Crippen LogP contribution in [0.25, 0.3) is 56.4 Å². The highest BCUT2D eigenvalue weighted by Crippen LogP contribution is 2.35. The molecule has 1 aromatic heterocycles. The molecule has 0 saturated heterocycles. The summed E-state index contributed by atoms with van der Waals surface area (Å²) >= 11 is 0. The molecule has 0 amide bonds. The molecule has 46 heavy (non-hydrogen) atoms. The van der Waals surface area contributed by atoms with Gasteiger partial charge in [-0.05, 0) is 76.3 Å². The molecule has 0 fully saturated rings. The molecule has 0 saturated carbocycles. The molecule has 0 bridgehead atoms. The summed E-state index contributed by atoms with van der Waals surface area (Å²) < 4.78 is 0. The molecular weight excluding hydrogens is 558 g/mol. The van der Waals surface area contributed by atoms with E-state index in [1.54, 1.807) is 0 Å². The Balaban J connectivity index is 1.55. The number of rotatable bonds is 5. The highest BCUT2D eigenvalue weighted by Gasteiger charge is 2.18. The first-order valence-electron chi connectivity index (χ1n) is 16.1. The minimum absolute atomic E-state index is 0.0873. The van der Waals surface area contributed by atoms with Crippen molar-refractivity contribution in [3.8, 4) is 56.4 Å². The highest BCUT2D eigenvalue weighted by molar-refractivity contribution is 5.80. The number of hydrogen-bond acceptors (Lipinski definition) is 3. The second-order valence-electron chi connectivity index (χ2n) is 14.5. The molecule has 0 aliphatic heterocycles. The minimum atomic E-state index is 0.0873. The molecule has 0 aliphatic rings. The van der Waals surface area contributed by atoms with E-state index < -0.39 is 0 Å². The predicted molar refractivity (Wildman–Crippen MR) is 194 cm³/mol. The summed E-state index contributed by atoms with van der Waals surface area (Å²) in [4.78, 5) is 15.1. The Morgan fingerprint density at radius 1 is 0.326 bits per heavy atom. The Kier molecular flexibility index (Phi) is 8.20. The third-order valence-corrected chi connectivity index (χ3v) is 8.61. The summed E-state index contributed by atoms with van der Waals surface area (Å²) in [5.74, 6) is 1.98. The fraction of sp³-hybridized carbons (Fsp3) is 0.233. The molecule has 1 heterocycles. The summed E-state index contributed by atoms with van der Waals surface area (Å²) in [6.45, 7) is 17.7. The maximum atomic E-state index is 5.09. The van der Waals surface area contributed by atoms with Crippen LogP contribution in [0.1, 0.15) is 63.8 Å². The Labute approximate surface area is 274 Å². The van der Waals surface area contributed by atoms with Gasteiger partial charge in [-0.1, -0.05) is 150 Å². The lowest BCUT2D eigenvalue weighted by Crippen LogP contribution is -2.10. The second kappa shape index (κ2) is 12.1. The maximum Gasteiger partial charge on any atom is 0.164 e. The molecule has 3 heteroatoms. The third-order valence-electron chi connectivity index (χ3n) is 8.61. The fourth-order valence-corrected chi connectivity index (χ4v) is 5.58. The molecule has 3 nitrogen and oxygen atoms in total. The van der Waals surface area contributed by atoms with Crippen molar-refractivity contribution in [2.24, 2.45) is 0 Å². The van der Waals surface area contributed by atoms with Crippen LogP contribution in [0.3, 0.4) is 0 Å². The molecule has 0 unspecified atom stereocenters. The van der Waals surface area contributed by atoms with E-state index in [4.69, 9.17) is 15.0 Å². The van der Waals surface area contributed by atoms with E-state index in [0.717, 1.165) is 38.9 Å². The fourth-order valence-electron chi connectivity index (χ4n) is 5.58. The van der Waals surface area contributed by atoms with Gasteiger partial charge in [-0.3, -0.25) is 0 Å². The van der Waals surface area contributed by atoms with E-state index in [9.17, 15) is 0 Å². The van der Waals surface area contributed by atoms with Gasteiger partial charge >= 0.3 is 0 Å². The molecule has 0 aliphatic carbocycles. The van der Waals surface area contributed by atoms with Gasteiger partial charge in [0.15, 0.2) is 17.5 Å². The molecule has 0 spiro atoms. The van der Waals surface area contributed by atoms with Gasteiger partial charge < -0.3 is 0 Å². The van der Waals surface area contributed by atoms with Crippen molar-refractivity contribution >= 4 is 0 Å². The van der Waals surface area contributed by atoms with Crippen LogP contribution >= 0.6 is 0 Å². The Hall–Kier alpha value is -4.89. The Bertz CT molecular complexity index is 1830. The molecular formula is C43H43N3. The van der Waals surface area contributed by atoms with E-state index >= 15 is 0 Å². The summed E-state index contributed by atoms with van der Waals surface area (Å²) in [7, 11) is 0. The third kappa shape index (κ3) is 6.84. The highest BCUT2D eigenvalue weighted by atomic mass is 15.0. The summed E-state index contributed by atoms with van der Waals surface area (Å²) in [6, 6.07) is 41.4. The normalized spacial score (nSPS) is 11.9. The van der Waals surface area contributed by atoms with Crippen LogP contribution in [0.5, 0.6) is 0 Å². The first-order chi connectivity index (χ1) is 21.8. The standard InChI is InChI=1S/C43H43N3/c1-28-9-13-32(14-10-28)39-44-40(33-15-11-29(2)12-16-33)46-41(45-39)36-26-34(30-17-21-37(22-18-30)42(3,4)5)25-35(27-36)31-19-23-38(24-20-31)43(6,7)8/h9-27H,1-8H3. The lowest BCUT2D eigenvalue weighted by Gasteiger charge is -2.20. The first kappa shape index (κ1) is 31.1. The average molecular weight is 602 g/mol. The monoisotopic (exact) mass is 601 g/mol. The Morgan fingerprint density at radius 2 is 0.609 bits per heavy atom. The van der Waals surface area contributed by atoms with Crippen molar-refractivity contribution in [2.75, 3.05) is 0 Å². The summed E-state index contributed by atoms with van der Waals surface area (Å²) in [5, 5.41) is 0. The summed E-state index contributed by atoms with van der Waals surface area (Å²) in [6.07, 6.45) is 0. The van der Waals surface area contributed by atoms with Gasteiger partial charge in [0.25, 0.3) is 0 Å². The Morgan fingerprint density at radius 3 is 0.935 bits per heavy atom. The second-order valence-corrected chi connectivity index (χ2v) is 14.5. The van der Waals surface area contributed by atoms with Crippen molar-refractivity contribution in [1.82, 2.24) is 15.0 Å². The van der Waals surface area contributed by atoms with Crippen LogP contribution in [0.4, 0.5) is 0 Å². The molecule has 6 aromatic rings. The lowest BCUT2D eigenvalue weighted by atomic mass is 9.85. The quantitative estimate of drug-likeness (QED) is 0.197. The molecule has 0 atom stereocenters. The molecule has 230 valence electrons. The number of aryl methyl sites for hydroxylation is 2. The average Bonchev–Trinajstić information content (AvgIpc) is 3.04. The molecule has 5 aromatic carbocycles. The van der Waals surface area contributed by atoms with Gasteiger partial charge in [-0.15, -0.1) is 0 Å². The van der Waals surface area contributed by atoms with Crippen molar-refractivity contribution in [2.45, 2.75) is 66.2 Å². The van der Waals surface area contributed by atoms with E-state index in [1.807, 2.05) is 0 Å². The zero-order chi connectivity index (χ0) is 32.6. The zero-order valence-electron chi connectivity index (χ0n) is 28.3. The molecule has 0 radical (unpaired) electrons. The van der Waals surface area contributed by atoms with Gasteiger partial charge in [0.2, 0.25) is 0 Å². The van der Waals surface area contributed by atoms with Gasteiger partial charge in [0.1, 0.15) is 0 Å². The van der Waals surface area contributed by atoms with E-state index in [0.29, 0.717) is 17.5 Å². The van der Waals surface area contributed by atoms with E-state index in [2.05, 4.69) is 171 Å². The van der Waals surface area contributed by atoms with Gasteiger partial charge in [0.05, 0.1) is 0 Å². The lowest BCUT2D eigenvalue weighted by molar-refractivity contribution is 0.590.